The molecule has 1 unspecified atom stereocenters. The maximum absolute atomic E-state index is 10.9. The third-order valence-corrected chi connectivity index (χ3v) is 3.51. The second-order valence-electron chi connectivity index (χ2n) is 5.14. The minimum atomic E-state index is -1.71. The van der Waals surface area contributed by atoms with Crippen LogP contribution in [0, 0.1) is 0 Å². The first-order valence-corrected chi connectivity index (χ1v) is 6.27. The van der Waals surface area contributed by atoms with Gasteiger partial charge in [0, 0.05) is 19.6 Å². The van der Waals surface area contributed by atoms with Crippen molar-refractivity contribution in [2.45, 2.75) is 25.5 Å². The van der Waals surface area contributed by atoms with Crippen LogP contribution < -0.4 is 4.74 Å². The second-order valence-corrected chi connectivity index (χ2v) is 5.14. The third-order valence-electron chi connectivity index (χ3n) is 3.51. The van der Waals surface area contributed by atoms with Crippen LogP contribution in [0.4, 0.5) is 0 Å². The molecule has 0 radical (unpaired) electrons. The number of carbonyl (C=O) groups is 1. The smallest absolute Gasteiger partial charge is 0.336 e. The van der Waals surface area contributed by atoms with E-state index in [0.717, 1.165) is 24.3 Å². The molecule has 6 heteroatoms. The molecule has 0 aromatic heterocycles. The largest absolute Gasteiger partial charge is 0.496 e. The quantitative estimate of drug-likeness (QED) is 0.760. The summed E-state index contributed by atoms with van der Waals surface area (Å²) in [7, 11) is 1.65. The molecule has 0 amide bonds. The van der Waals surface area contributed by atoms with Gasteiger partial charge in [-0.25, -0.2) is 4.79 Å². The van der Waals surface area contributed by atoms with E-state index < -0.39 is 11.6 Å². The van der Waals surface area contributed by atoms with Gasteiger partial charge in [-0.05, 0) is 30.5 Å². The van der Waals surface area contributed by atoms with E-state index >= 15 is 0 Å². The number of ether oxygens (including phenoxy) is 1. The average Bonchev–Trinajstić information content (AvgIpc) is 2.37. The molecule has 0 saturated carbocycles. The molecule has 2 N–H and O–H groups in total. The van der Waals surface area contributed by atoms with Crippen LogP contribution in [0.3, 0.4) is 0 Å². The van der Waals surface area contributed by atoms with Crippen LogP contribution in [0.5, 0.6) is 5.75 Å². The van der Waals surface area contributed by atoms with E-state index in [1.807, 2.05) is 23.1 Å². The van der Waals surface area contributed by atoms with E-state index in [9.17, 15) is 9.90 Å². The van der Waals surface area contributed by atoms with E-state index in [1.165, 1.54) is 12.5 Å². The average molecular weight is 393 g/mol. The monoisotopic (exact) mass is 393 g/mol. The molecule has 0 aliphatic carbocycles. The van der Waals surface area contributed by atoms with Crippen LogP contribution in [0.1, 0.15) is 18.1 Å². The lowest BCUT2D eigenvalue weighted by atomic mass is 9.97. The van der Waals surface area contributed by atoms with Crippen molar-refractivity contribution in [2.24, 2.45) is 0 Å². The Kier molecular flexibility index (Phi) is 5.79. The summed E-state index contributed by atoms with van der Waals surface area (Å²) in [5.74, 6) is -0.314. The molecule has 0 bridgehead atoms. The fraction of sp³-hybridized carbons (Fsp3) is 0.500. The summed E-state index contributed by atoms with van der Waals surface area (Å²) < 4.78 is 5.32. The van der Waals surface area contributed by atoms with Crippen molar-refractivity contribution in [1.29, 1.82) is 0 Å². The molecule has 5 nitrogen and oxygen atoms in total. The highest BCUT2D eigenvalue weighted by Gasteiger charge is 2.33. The number of hydrogen-bond donors (Lipinski definition) is 2. The zero-order chi connectivity index (χ0) is 14.0. The standard InChI is InChI=1S/C14H19NO4.HI/c1-14(18,13(16)17)9-15-7-6-11-10(8-15)4-3-5-12(11)19-2;/h3-5,18H,6-9H2,1-2H3,(H,16,17);1H. The van der Waals surface area contributed by atoms with Gasteiger partial charge in [0.25, 0.3) is 0 Å². The topological polar surface area (TPSA) is 70.0 Å². The highest BCUT2D eigenvalue weighted by molar-refractivity contribution is 14.0. The number of rotatable bonds is 4. The van der Waals surface area contributed by atoms with Crippen LogP contribution in [0.25, 0.3) is 0 Å². The highest BCUT2D eigenvalue weighted by Crippen LogP contribution is 2.28. The zero-order valence-corrected chi connectivity index (χ0v) is 14.0. The minimum Gasteiger partial charge on any atom is -0.496 e. The van der Waals surface area contributed by atoms with Gasteiger partial charge >= 0.3 is 5.97 Å². The minimum absolute atomic E-state index is 0. The number of aliphatic hydroxyl groups is 1. The van der Waals surface area contributed by atoms with Crippen LogP contribution >= 0.6 is 24.0 Å². The predicted octanol–water partition coefficient (Wildman–Crippen LogP) is 1.51. The molecule has 1 aromatic rings. The van der Waals surface area contributed by atoms with E-state index in [-0.39, 0.29) is 30.5 Å². The molecule has 20 heavy (non-hydrogen) atoms. The fourth-order valence-corrected chi connectivity index (χ4v) is 2.46. The molecule has 1 aromatic carbocycles. The summed E-state index contributed by atoms with van der Waals surface area (Å²) in [6, 6.07) is 5.87. The molecule has 1 atom stereocenters. The summed E-state index contributed by atoms with van der Waals surface area (Å²) >= 11 is 0. The van der Waals surface area contributed by atoms with Gasteiger partial charge < -0.3 is 14.9 Å². The Labute approximate surface area is 135 Å². The van der Waals surface area contributed by atoms with Crippen LogP contribution in [-0.2, 0) is 17.8 Å². The van der Waals surface area contributed by atoms with Gasteiger partial charge in [-0.3, -0.25) is 4.90 Å². The summed E-state index contributed by atoms with van der Waals surface area (Å²) in [6.07, 6.45) is 0.801. The van der Waals surface area contributed by atoms with Gasteiger partial charge in [0.15, 0.2) is 5.60 Å². The number of benzene rings is 1. The Hall–Kier alpha value is -0.860. The number of nitrogens with zero attached hydrogens (tertiary/aromatic N) is 1. The Bertz CT molecular complexity index is 490. The van der Waals surface area contributed by atoms with Gasteiger partial charge in [0.1, 0.15) is 5.75 Å². The third kappa shape index (κ3) is 3.62. The number of halogens is 1. The molecular weight excluding hydrogens is 373 g/mol. The van der Waals surface area contributed by atoms with Gasteiger partial charge in [0.05, 0.1) is 7.11 Å². The SMILES string of the molecule is COc1cccc2c1CCN(CC(C)(O)C(=O)O)C2.I. The number of carboxylic acid groups (broad SMARTS) is 1. The van der Waals surface area contributed by atoms with E-state index in [2.05, 4.69) is 0 Å². The zero-order valence-electron chi connectivity index (χ0n) is 11.6. The van der Waals surface area contributed by atoms with E-state index in [0.29, 0.717) is 6.54 Å². The van der Waals surface area contributed by atoms with Gasteiger partial charge in [0.2, 0.25) is 0 Å². The normalized spacial score (nSPS) is 17.6. The lowest BCUT2D eigenvalue weighted by Crippen LogP contribution is -2.48. The predicted molar refractivity (Wildman–Crippen MR) is 85.6 cm³/mol. The van der Waals surface area contributed by atoms with Crippen molar-refractivity contribution < 1.29 is 19.7 Å². The number of aliphatic carboxylic acids is 1. The first-order chi connectivity index (χ1) is 8.94. The molecule has 1 aliphatic heterocycles. The van der Waals surface area contributed by atoms with Crippen molar-refractivity contribution in [2.75, 3.05) is 20.2 Å². The first-order valence-electron chi connectivity index (χ1n) is 6.27. The Morgan fingerprint density at radius 1 is 1.50 bits per heavy atom. The number of β-amino-alcohol motifs (C(OH)–C–C–N with tert-alkyl or cyclic N) is 1. The number of fused-ring (bicyclic) bond motifs is 1. The molecule has 1 heterocycles. The Balaban J connectivity index is 0.00000200. The second kappa shape index (κ2) is 6.73. The van der Waals surface area contributed by atoms with Crippen molar-refractivity contribution in [1.82, 2.24) is 4.90 Å². The maximum atomic E-state index is 10.9. The van der Waals surface area contributed by atoms with Crippen LogP contribution in [-0.4, -0.2) is 46.9 Å². The Morgan fingerprint density at radius 2 is 2.20 bits per heavy atom. The number of methoxy groups -OCH3 is 1. The molecule has 0 saturated heterocycles. The summed E-state index contributed by atoms with van der Waals surface area (Å²) in [5.41, 5.74) is 0.596. The molecule has 1 aliphatic rings. The van der Waals surface area contributed by atoms with Gasteiger partial charge in [-0.1, -0.05) is 12.1 Å². The lowest BCUT2D eigenvalue weighted by molar-refractivity contribution is -0.158. The van der Waals surface area contributed by atoms with E-state index in [4.69, 9.17) is 9.84 Å². The number of hydrogen-bond acceptors (Lipinski definition) is 4. The van der Waals surface area contributed by atoms with E-state index in [1.54, 1.807) is 7.11 Å². The van der Waals surface area contributed by atoms with Crippen molar-refractivity contribution in [3.8, 4) is 5.75 Å². The van der Waals surface area contributed by atoms with Crippen LogP contribution in [0.15, 0.2) is 18.2 Å². The molecule has 0 fully saturated rings. The lowest BCUT2D eigenvalue weighted by Gasteiger charge is -2.33. The highest BCUT2D eigenvalue weighted by atomic mass is 127. The molecule has 112 valence electrons. The molecule has 0 spiro atoms. The van der Waals surface area contributed by atoms with Crippen molar-refractivity contribution >= 4 is 29.9 Å². The summed E-state index contributed by atoms with van der Waals surface area (Å²) in [6.45, 7) is 2.81. The van der Waals surface area contributed by atoms with Crippen molar-refractivity contribution in [3.05, 3.63) is 29.3 Å². The summed E-state index contributed by atoms with van der Waals surface area (Å²) in [4.78, 5) is 12.9. The molecule has 2 rings (SSSR count). The van der Waals surface area contributed by atoms with Gasteiger partial charge in [-0.2, -0.15) is 0 Å². The van der Waals surface area contributed by atoms with Gasteiger partial charge in [-0.15, -0.1) is 24.0 Å². The Morgan fingerprint density at radius 3 is 2.80 bits per heavy atom. The maximum Gasteiger partial charge on any atom is 0.336 e. The van der Waals surface area contributed by atoms with Crippen molar-refractivity contribution in [3.63, 3.8) is 0 Å². The molecular formula is C14H20INO4. The van der Waals surface area contributed by atoms with Crippen LogP contribution in [0.2, 0.25) is 0 Å². The summed E-state index contributed by atoms with van der Waals surface area (Å²) in [5, 5.41) is 18.8. The fourth-order valence-electron chi connectivity index (χ4n) is 2.46. The first kappa shape index (κ1) is 17.2. The number of carboxylic acids is 1.